The third-order valence-electron chi connectivity index (χ3n) is 5.01. The summed E-state index contributed by atoms with van der Waals surface area (Å²) in [6, 6.07) is 12.7. The van der Waals surface area contributed by atoms with Gasteiger partial charge in [0.05, 0.1) is 11.9 Å². The van der Waals surface area contributed by atoms with Gasteiger partial charge in [0.1, 0.15) is 5.82 Å². The second-order valence-corrected chi connectivity index (χ2v) is 8.00. The highest BCUT2D eigenvalue weighted by Gasteiger charge is 2.23. The lowest BCUT2D eigenvalue weighted by Crippen LogP contribution is -2.41. The molecule has 0 spiro atoms. The van der Waals surface area contributed by atoms with Crippen LogP contribution in [0.3, 0.4) is 0 Å². The van der Waals surface area contributed by atoms with Crippen LogP contribution in [-0.2, 0) is 17.9 Å². The zero-order valence-electron chi connectivity index (χ0n) is 18.5. The molecule has 3 aromatic rings. The van der Waals surface area contributed by atoms with Crippen molar-refractivity contribution in [1.29, 1.82) is 0 Å². The minimum atomic E-state index is -0.418. The van der Waals surface area contributed by atoms with E-state index in [2.05, 4.69) is 10.4 Å². The second-order valence-electron chi connectivity index (χ2n) is 8.00. The molecule has 0 unspecified atom stereocenters. The van der Waals surface area contributed by atoms with E-state index in [-0.39, 0.29) is 42.0 Å². The van der Waals surface area contributed by atoms with Crippen LogP contribution in [0.4, 0.5) is 4.39 Å². The normalized spacial score (nSPS) is 11.0. The number of nitrogens with one attached hydrogen (secondary N) is 1. The summed E-state index contributed by atoms with van der Waals surface area (Å²) < 4.78 is 14.4. The first-order valence-corrected chi connectivity index (χ1v) is 10.6. The summed E-state index contributed by atoms with van der Waals surface area (Å²) in [5.74, 6) is -0.937. The Balaban J connectivity index is 1.82. The van der Waals surface area contributed by atoms with Gasteiger partial charge in [0.2, 0.25) is 5.91 Å². The molecule has 1 heterocycles. The van der Waals surface area contributed by atoms with Gasteiger partial charge in [-0.05, 0) is 36.6 Å². The maximum Gasteiger partial charge on any atom is 0.275 e. The molecule has 0 aliphatic carbocycles. The predicted octanol–water partition coefficient (Wildman–Crippen LogP) is 2.97. The predicted molar refractivity (Wildman–Crippen MR) is 121 cm³/mol. The zero-order valence-corrected chi connectivity index (χ0v) is 18.5. The fourth-order valence-electron chi connectivity index (χ4n) is 3.37. The Morgan fingerprint density at radius 1 is 1.09 bits per heavy atom. The van der Waals surface area contributed by atoms with E-state index in [1.165, 1.54) is 21.7 Å². The largest absolute Gasteiger partial charge is 0.350 e. The lowest BCUT2D eigenvalue weighted by Gasteiger charge is -2.21. The molecule has 0 radical (unpaired) electrons. The Hall–Kier alpha value is -3.55. The van der Waals surface area contributed by atoms with Gasteiger partial charge in [0, 0.05) is 25.0 Å². The number of hydrogen-bond donors (Lipinski definition) is 1. The molecule has 0 saturated carbocycles. The van der Waals surface area contributed by atoms with Gasteiger partial charge >= 0.3 is 0 Å². The molecule has 8 heteroatoms. The van der Waals surface area contributed by atoms with Crippen LogP contribution in [0, 0.1) is 11.7 Å². The Labute approximate surface area is 185 Å². The van der Waals surface area contributed by atoms with E-state index in [4.69, 9.17) is 0 Å². The number of aromatic nitrogens is 2. The van der Waals surface area contributed by atoms with Crippen LogP contribution in [-0.4, -0.2) is 39.6 Å². The van der Waals surface area contributed by atoms with Crippen molar-refractivity contribution in [3.8, 4) is 0 Å². The molecule has 0 bridgehead atoms. The smallest absolute Gasteiger partial charge is 0.275 e. The molecule has 0 aliphatic heterocycles. The molecule has 7 nitrogen and oxygen atoms in total. The number of fused-ring (bicyclic) bond motifs is 1. The van der Waals surface area contributed by atoms with Crippen LogP contribution < -0.4 is 10.9 Å². The van der Waals surface area contributed by atoms with Crippen molar-refractivity contribution in [3.63, 3.8) is 0 Å². The van der Waals surface area contributed by atoms with Crippen molar-refractivity contribution in [2.24, 2.45) is 5.92 Å². The Morgan fingerprint density at radius 2 is 1.75 bits per heavy atom. The summed E-state index contributed by atoms with van der Waals surface area (Å²) in [4.78, 5) is 39.9. The summed E-state index contributed by atoms with van der Waals surface area (Å²) in [6.45, 7) is 6.46. The minimum absolute atomic E-state index is 0.147. The van der Waals surface area contributed by atoms with E-state index in [0.717, 1.165) is 5.56 Å². The molecule has 0 saturated heterocycles. The van der Waals surface area contributed by atoms with E-state index in [1.54, 1.807) is 43.3 Å². The highest BCUT2D eigenvalue weighted by Crippen LogP contribution is 2.16. The van der Waals surface area contributed by atoms with Crippen LogP contribution in [0.25, 0.3) is 10.8 Å². The van der Waals surface area contributed by atoms with Gasteiger partial charge in [-0.1, -0.05) is 44.2 Å². The molecule has 0 fully saturated rings. The minimum Gasteiger partial charge on any atom is -0.350 e. The van der Waals surface area contributed by atoms with Gasteiger partial charge < -0.3 is 10.2 Å². The summed E-state index contributed by atoms with van der Waals surface area (Å²) >= 11 is 0. The third-order valence-corrected chi connectivity index (χ3v) is 5.01. The first-order chi connectivity index (χ1) is 15.3. The average molecular weight is 439 g/mol. The maximum absolute atomic E-state index is 13.3. The fourth-order valence-corrected chi connectivity index (χ4v) is 3.37. The monoisotopic (exact) mass is 438 g/mol. The van der Waals surface area contributed by atoms with E-state index >= 15 is 0 Å². The Morgan fingerprint density at radius 3 is 2.38 bits per heavy atom. The van der Waals surface area contributed by atoms with Crippen molar-refractivity contribution < 1.29 is 14.0 Å². The average Bonchev–Trinajstić information content (AvgIpc) is 2.78. The molecule has 168 valence electrons. The lowest BCUT2D eigenvalue weighted by atomic mass is 10.1. The zero-order chi connectivity index (χ0) is 23.3. The summed E-state index contributed by atoms with van der Waals surface area (Å²) in [5, 5.41) is 7.99. The summed E-state index contributed by atoms with van der Waals surface area (Å²) in [5.41, 5.74) is 0.655. The fraction of sp³-hybridized carbons (Fsp3) is 0.333. The SMILES string of the molecule is CCN(CC(=O)NCc1ccc(F)cc1)C(=O)c1nn(CC(C)C)c(=O)c2ccccc12. The van der Waals surface area contributed by atoms with Gasteiger partial charge in [-0.3, -0.25) is 14.4 Å². The van der Waals surface area contributed by atoms with E-state index in [0.29, 0.717) is 23.9 Å². The first-order valence-electron chi connectivity index (χ1n) is 10.6. The van der Waals surface area contributed by atoms with Crippen molar-refractivity contribution in [1.82, 2.24) is 20.0 Å². The first kappa shape index (κ1) is 23.1. The van der Waals surface area contributed by atoms with Crippen molar-refractivity contribution in [3.05, 3.63) is 76.0 Å². The molecule has 2 aromatic carbocycles. The highest BCUT2D eigenvalue weighted by atomic mass is 19.1. The molecule has 3 rings (SSSR count). The van der Waals surface area contributed by atoms with Gasteiger partial charge in [0.15, 0.2) is 5.69 Å². The van der Waals surface area contributed by atoms with E-state index in [9.17, 15) is 18.8 Å². The molecule has 0 atom stereocenters. The van der Waals surface area contributed by atoms with Crippen LogP contribution in [0.15, 0.2) is 53.3 Å². The van der Waals surface area contributed by atoms with Gasteiger partial charge in [-0.2, -0.15) is 5.10 Å². The second kappa shape index (κ2) is 10.2. The van der Waals surface area contributed by atoms with Gasteiger partial charge in [-0.25, -0.2) is 9.07 Å². The number of nitrogens with zero attached hydrogens (tertiary/aromatic N) is 3. The standard InChI is InChI=1S/C24H27FN4O3/c1-4-28(15-21(30)26-13-17-9-11-18(25)12-10-17)24(32)22-19-7-5-6-8-20(19)23(31)29(27-22)14-16(2)3/h5-12,16H,4,13-15H2,1-3H3,(H,26,30). The quantitative estimate of drug-likeness (QED) is 0.586. The molecule has 32 heavy (non-hydrogen) atoms. The summed E-state index contributed by atoms with van der Waals surface area (Å²) in [6.07, 6.45) is 0. The number of halogens is 1. The van der Waals surface area contributed by atoms with E-state index in [1.807, 2.05) is 13.8 Å². The molecular weight excluding hydrogens is 411 g/mol. The van der Waals surface area contributed by atoms with Crippen molar-refractivity contribution in [2.45, 2.75) is 33.9 Å². The molecule has 0 aliphatic rings. The van der Waals surface area contributed by atoms with Crippen LogP contribution in [0.5, 0.6) is 0 Å². The Kier molecular flexibility index (Phi) is 7.35. The molecular formula is C24H27FN4O3. The topological polar surface area (TPSA) is 84.3 Å². The maximum atomic E-state index is 13.3. The number of hydrogen-bond acceptors (Lipinski definition) is 4. The molecule has 2 amide bonds. The van der Waals surface area contributed by atoms with E-state index < -0.39 is 5.91 Å². The van der Waals surface area contributed by atoms with Crippen LogP contribution >= 0.6 is 0 Å². The highest BCUT2D eigenvalue weighted by molar-refractivity contribution is 6.05. The van der Waals surface area contributed by atoms with Gasteiger partial charge in [-0.15, -0.1) is 0 Å². The van der Waals surface area contributed by atoms with Gasteiger partial charge in [0.25, 0.3) is 11.5 Å². The number of benzene rings is 2. The molecule has 1 aromatic heterocycles. The third kappa shape index (κ3) is 5.38. The number of carbonyl (C=O) groups is 2. The lowest BCUT2D eigenvalue weighted by molar-refractivity contribution is -0.121. The number of carbonyl (C=O) groups excluding carboxylic acids is 2. The number of rotatable bonds is 8. The van der Waals surface area contributed by atoms with Crippen LogP contribution in [0.2, 0.25) is 0 Å². The van der Waals surface area contributed by atoms with Crippen molar-refractivity contribution in [2.75, 3.05) is 13.1 Å². The Bertz CT molecular complexity index is 1170. The van der Waals surface area contributed by atoms with Crippen LogP contribution in [0.1, 0.15) is 36.8 Å². The number of likely N-dealkylation sites (N-methyl/N-ethyl adjacent to an activating group) is 1. The molecule has 1 N–H and O–H groups in total. The summed E-state index contributed by atoms with van der Waals surface area (Å²) in [7, 11) is 0. The number of amides is 2. The van der Waals surface area contributed by atoms with Crippen molar-refractivity contribution >= 4 is 22.6 Å².